The van der Waals surface area contributed by atoms with E-state index in [0.29, 0.717) is 18.7 Å². The number of piperidine rings is 1. The van der Waals surface area contributed by atoms with Gasteiger partial charge in [0.1, 0.15) is 18.5 Å². The van der Waals surface area contributed by atoms with Gasteiger partial charge < -0.3 is 19.5 Å². The smallest absolute Gasteiger partial charge is 0.496 e. The lowest BCUT2D eigenvalue weighted by Crippen LogP contribution is -2.48. The van der Waals surface area contributed by atoms with E-state index in [-0.39, 0.29) is 18.5 Å². The second kappa shape index (κ2) is 12.8. The molecule has 7 heteroatoms. The maximum Gasteiger partial charge on any atom is 0.508 e. The molecular formula is C26H35ClN2O4. The molecule has 0 spiro atoms. The van der Waals surface area contributed by atoms with Gasteiger partial charge in [0.2, 0.25) is 0 Å². The first-order valence-corrected chi connectivity index (χ1v) is 11.7. The number of nitrogens with one attached hydrogen (secondary N) is 1. The monoisotopic (exact) mass is 474 g/mol. The molecule has 0 amide bonds. The first-order valence-electron chi connectivity index (χ1n) is 11.7. The number of nitrogens with zero attached hydrogens (tertiary/aromatic N) is 1. The maximum atomic E-state index is 11.1. The van der Waals surface area contributed by atoms with Gasteiger partial charge in [0.25, 0.3) is 0 Å². The Morgan fingerprint density at radius 1 is 1.09 bits per heavy atom. The number of unbranched alkanes of at least 4 members (excludes halogenated alkanes) is 1. The fourth-order valence-electron chi connectivity index (χ4n) is 4.91. The summed E-state index contributed by atoms with van der Waals surface area (Å²) in [6, 6.07) is 19.8. The van der Waals surface area contributed by atoms with Crippen LogP contribution in [0.15, 0.2) is 54.6 Å². The van der Waals surface area contributed by atoms with Crippen LogP contribution in [0, 0.1) is 0 Å². The number of ether oxygens (including phenoxy) is 3. The van der Waals surface area contributed by atoms with Crippen molar-refractivity contribution in [3.8, 4) is 5.75 Å². The van der Waals surface area contributed by atoms with Crippen LogP contribution in [0.4, 0.5) is 4.79 Å². The second-order valence-corrected chi connectivity index (χ2v) is 8.63. The van der Waals surface area contributed by atoms with Gasteiger partial charge in [-0.2, -0.15) is 0 Å². The van der Waals surface area contributed by atoms with Crippen LogP contribution in [0.25, 0.3) is 0 Å². The number of halogens is 1. The third kappa shape index (κ3) is 6.85. The molecule has 33 heavy (non-hydrogen) atoms. The van der Waals surface area contributed by atoms with Gasteiger partial charge in [-0.05, 0) is 56.8 Å². The van der Waals surface area contributed by atoms with Crippen molar-refractivity contribution in [3.05, 3.63) is 65.7 Å². The van der Waals surface area contributed by atoms with Gasteiger partial charge in [-0.3, -0.25) is 4.90 Å². The number of carbonyl (C=O) groups excluding carboxylic acids is 1. The minimum Gasteiger partial charge on any atom is -0.496 e. The molecular weight excluding hydrogens is 440 g/mol. The Morgan fingerprint density at radius 3 is 2.64 bits per heavy atom. The standard InChI is InChI=1S/C26H34N2O4.ClH/c1-30-24-15-6-5-12-21(24)18-27-23-14-9-17-28(25(23)20-10-3-2-4-11-20)16-8-7-13-22-19-31-26(29)32-22;/h2-6,10-12,15,22-23,25,27H,7-9,13-14,16-19H2,1H3;1H/t22?,23-,25-;/m0./s1. The molecule has 180 valence electrons. The van der Waals surface area contributed by atoms with E-state index in [0.717, 1.165) is 51.1 Å². The number of benzene rings is 2. The zero-order chi connectivity index (χ0) is 22.2. The van der Waals surface area contributed by atoms with Gasteiger partial charge in [-0.1, -0.05) is 48.5 Å². The summed E-state index contributed by atoms with van der Waals surface area (Å²) in [5.41, 5.74) is 2.55. The van der Waals surface area contributed by atoms with Crippen molar-refractivity contribution in [1.29, 1.82) is 0 Å². The topological polar surface area (TPSA) is 60.0 Å². The van der Waals surface area contributed by atoms with E-state index >= 15 is 0 Å². The van der Waals surface area contributed by atoms with Crippen LogP contribution < -0.4 is 10.1 Å². The van der Waals surface area contributed by atoms with E-state index in [1.165, 1.54) is 17.5 Å². The predicted molar refractivity (Wildman–Crippen MR) is 131 cm³/mol. The lowest BCUT2D eigenvalue weighted by molar-refractivity contribution is 0.103. The molecule has 0 bridgehead atoms. The summed E-state index contributed by atoms with van der Waals surface area (Å²) >= 11 is 0. The highest BCUT2D eigenvalue weighted by molar-refractivity contribution is 5.85. The Bertz CT molecular complexity index is 866. The van der Waals surface area contributed by atoms with E-state index in [1.807, 2.05) is 12.1 Å². The quantitative estimate of drug-likeness (QED) is 0.381. The van der Waals surface area contributed by atoms with Crippen LogP contribution in [0.3, 0.4) is 0 Å². The first kappa shape index (κ1) is 25.3. The predicted octanol–water partition coefficient (Wildman–Crippen LogP) is 5.12. The number of likely N-dealkylation sites (tertiary alicyclic amines) is 1. The molecule has 2 aromatic rings. The van der Waals surface area contributed by atoms with Crippen LogP contribution in [-0.2, 0) is 16.0 Å². The normalized spacial score (nSPS) is 22.8. The van der Waals surface area contributed by atoms with Crippen LogP contribution in [0.2, 0.25) is 0 Å². The summed E-state index contributed by atoms with van der Waals surface area (Å²) < 4.78 is 15.6. The molecule has 6 nitrogen and oxygen atoms in total. The third-order valence-electron chi connectivity index (χ3n) is 6.49. The van der Waals surface area contributed by atoms with Gasteiger partial charge in [-0.25, -0.2) is 4.79 Å². The van der Waals surface area contributed by atoms with E-state index in [9.17, 15) is 4.79 Å². The largest absolute Gasteiger partial charge is 0.508 e. The molecule has 2 aromatic carbocycles. The van der Waals surface area contributed by atoms with Crippen LogP contribution >= 0.6 is 12.4 Å². The highest BCUT2D eigenvalue weighted by atomic mass is 35.5. The SMILES string of the molecule is COc1ccccc1CN[C@H]1CCCN(CCCCC2COC(=O)O2)[C@H]1c1ccccc1.Cl. The van der Waals surface area contributed by atoms with Gasteiger partial charge in [0.15, 0.2) is 0 Å². The van der Waals surface area contributed by atoms with Crippen molar-refractivity contribution < 1.29 is 19.0 Å². The molecule has 1 N–H and O–H groups in total. The molecule has 2 aliphatic rings. The van der Waals surface area contributed by atoms with Crippen molar-refractivity contribution in [1.82, 2.24) is 10.2 Å². The molecule has 3 atom stereocenters. The Labute approximate surface area is 203 Å². The number of methoxy groups -OCH3 is 1. The number of carbonyl (C=O) groups is 1. The van der Waals surface area contributed by atoms with Crippen molar-refractivity contribution >= 4 is 18.6 Å². The van der Waals surface area contributed by atoms with Crippen LogP contribution in [-0.4, -0.2) is 50.0 Å². The zero-order valence-electron chi connectivity index (χ0n) is 19.3. The number of hydrogen-bond donors (Lipinski definition) is 1. The molecule has 0 aromatic heterocycles. The minimum atomic E-state index is -0.529. The summed E-state index contributed by atoms with van der Waals surface area (Å²) in [4.78, 5) is 13.7. The summed E-state index contributed by atoms with van der Waals surface area (Å²) in [5, 5.41) is 3.84. The van der Waals surface area contributed by atoms with Gasteiger partial charge in [0.05, 0.1) is 13.2 Å². The lowest BCUT2D eigenvalue weighted by Gasteiger charge is -2.42. The van der Waals surface area contributed by atoms with Crippen LogP contribution in [0.5, 0.6) is 5.75 Å². The average Bonchev–Trinajstić information content (AvgIpc) is 3.26. The minimum absolute atomic E-state index is 0. The van der Waals surface area contributed by atoms with Gasteiger partial charge in [0, 0.05) is 18.2 Å². The number of hydrogen-bond acceptors (Lipinski definition) is 6. The van der Waals surface area contributed by atoms with Crippen LogP contribution in [0.1, 0.15) is 49.3 Å². The molecule has 4 rings (SSSR count). The van der Waals surface area contributed by atoms with E-state index in [2.05, 4.69) is 52.7 Å². The molecule has 0 aliphatic carbocycles. The van der Waals surface area contributed by atoms with Gasteiger partial charge >= 0.3 is 6.16 Å². The Morgan fingerprint density at radius 2 is 1.88 bits per heavy atom. The fourth-order valence-corrected chi connectivity index (χ4v) is 4.91. The Balaban J connectivity index is 0.00000306. The van der Waals surface area contributed by atoms with Gasteiger partial charge in [-0.15, -0.1) is 12.4 Å². The molecule has 0 radical (unpaired) electrons. The number of para-hydroxylation sites is 1. The van der Waals surface area contributed by atoms with Crippen molar-refractivity contribution in [2.24, 2.45) is 0 Å². The lowest BCUT2D eigenvalue weighted by atomic mass is 9.89. The number of rotatable bonds is 10. The van der Waals surface area contributed by atoms with Crippen molar-refractivity contribution in [2.45, 2.75) is 56.8 Å². The van der Waals surface area contributed by atoms with Crippen molar-refractivity contribution in [2.75, 3.05) is 26.8 Å². The highest BCUT2D eigenvalue weighted by Crippen LogP contribution is 2.32. The summed E-state index contributed by atoms with van der Waals surface area (Å²) in [5.74, 6) is 0.931. The van der Waals surface area contributed by atoms with E-state index in [4.69, 9.17) is 14.2 Å². The third-order valence-corrected chi connectivity index (χ3v) is 6.49. The average molecular weight is 475 g/mol. The zero-order valence-corrected chi connectivity index (χ0v) is 20.1. The summed E-state index contributed by atoms with van der Waals surface area (Å²) in [6.45, 7) is 3.32. The molecule has 2 fully saturated rings. The molecule has 0 saturated carbocycles. The molecule has 2 heterocycles. The molecule has 2 saturated heterocycles. The Kier molecular flexibility index (Phi) is 9.85. The molecule has 2 aliphatic heterocycles. The number of cyclic esters (lactones) is 2. The molecule has 1 unspecified atom stereocenters. The second-order valence-electron chi connectivity index (χ2n) is 8.63. The van der Waals surface area contributed by atoms with E-state index < -0.39 is 6.16 Å². The summed E-state index contributed by atoms with van der Waals surface area (Å²) in [6.07, 6.45) is 4.70. The van der Waals surface area contributed by atoms with E-state index in [1.54, 1.807) is 7.11 Å². The highest BCUT2D eigenvalue weighted by Gasteiger charge is 2.32. The fraction of sp³-hybridized carbons (Fsp3) is 0.500. The summed E-state index contributed by atoms with van der Waals surface area (Å²) in [7, 11) is 1.73. The first-order chi connectivity index (χ1) is 15.7. The maximum absolute atomic E-state index is 11.1. The van der Waals surface area contributed by atoms with Crippen molar-refractivity contribution in [3.63, 3.8) is 0 Å². The Hall–Kier alpha value is -2.28.